The maximum atomic E-state index is 5.82. The van der Waals surface area contributed by atoms with Crippen molar-refractivity contribution in [3.63, 3.8) is 0 Å². The predicted octanol–water partition coefficient (Wildman–Crippen LogP) is 4.44. The summed E-state index contributed by atoms with van der Waals surface area (Å²) in [6.45, 7) is 0. The Hall–Kier alpha value is -1.67. The molecule has 0 unspecified atom stereocenters. The molecule has 0 fully saturated rings. The third kappa shape index (κ3) is 1.53. The number of thiophene rings is 1. The molecule has 0 atom stereocenters. The summed E-state index contributed by atoms with van der Waals surface area (Å²) >= 11 is 1.69. The van der Waals surface area contributed by atoms with Gasteiger partial charge in [0.15, 0.2) is 0 Å². The SMILES string of the molecule is c1csc(-c2ccc3ccccc3[o+]2)c1. The van der Waals surface area contributed by atoms with Crippen molar-refractivity contribution in [3.8, 4) is 10.6 Å². The van der Waals surface area contributed by atoms with Crippen LogP contribution in [0.3, 0.4) is 0 Å². The van der Waals surface area contributed by atoms with Gasteiger partial charge in [-0.15, -0.1) is 11.3 Å². The van der Waals surface area contributed by atoms with Crippen molar-refractivity contribution in [1.82, 2.24) is 0 Å². The number of benzene rings is 1. The molecule has 0 aliphatic rings. The van der Waals surface area contributed by atoms with Crippen LogP contribution in [0.2, 0.25) is 0 Å². The van der Waals surface area contributed by atoms with E-state index >= 15 is 0 Å². The molecule has 1 aromatic carbocycles. The van der Waals surface area contributed by atoms with Crippen molar-refractivity contribution < 1.29 is 4.42 Å². The third-order valence-electron chi connectivity index (χ3n) is 2.32. The second kappa shape index (κ2) is 3.48. The van der Waals surface area contributed by atoms with Gasteiger partial charge in [0.05, 0.1) is 5.39 Å². The van der Waals surface area contributed by atoms with Crippen molar-refractivity contribution in [3.05, 3.63) is 53.9 Å². The number of rotatable bonds is 1. The van der Waals surface area contributed by atoms with E-state index in [-0.39, 0.29) is 0 Å². The van der Waals surface area contributed by atoms with Gasteiger partial charge in [0.1, 0.15) is 4.88 Å². The van der Waals surface area contributed by atoms with E-state index in [9.17, 15) is 0 Å². The molecule has 3 aromatic rings. The largest absolute Gasteiger partial charge is 0.370 e. The molecule has 0 saturated carbocycles. The zero-order valence-corrected chi connectivity index (χ0v) is 8.83. The van der Waals surface area contributed by atoms with Crippen LogP contribution >= 0.6 is 11.3 Å². The lowest BCUT2D eigenvalue weighted by atomic mass is 10.2. The third-order valence-corrected chi connectivity index (χ3v) is 3.20. The zero-order valence-electron chi connectivity index (χ0n) is 8.01. The highest BCUT2D eigenvalue weighted by atomic mass is 32.1. The molecule has 0 radical (unpaired) electrons. The van der Waals surface area contributed by atoms with Crippen molar-refractivity contribution >= 4 is 22.3 Å². The fourth-order valence-corrected chi connectivity index (χ4v) is 2.27. The Morgan fingerprint density at radius 3 is 2.67 bits per heavy atom. The van der Waals surface area contributed by atoms with E-state index < -0.39 is 0 Å². The number of fused-ring (bicyclic) bond motifs is 1. The number of hydrogen-bond acceptors (Lipinski definition) is 1. The van der Waals surface area contributed by atoms with Crippen molar-refractivity contribution in [2.24, 2.45) is 0 Å². The normalized spacial score (nSPS) is 10.7. The van der Waals surface area contributed by atoms with Gasteiger partial charge in [-0.25, -0.2) is 4.42 Å². The Labute approximate surface area is 91.6 Å². The molecule has 2 aromatic heterocycles. The molecule has 2 heteroatoms. The lowest BCUT2D eigenvalue weighted by Gasteiger charge is -1.88. The highest BCUT2D eigenvalue weighted by Gasteiger charge is 2.14. The standard InChI is InChI=1S/C13H9OS/c1-2-5-11-10(4-1)7-8-12(14-11)13-6-3-9-15-13/h1-9H/q+1. The summed E-state index contributed by atoms with van der Waals surface area (Å²) in [5.74, 6) is 0.934. The molecule has 2 heterocycles. The van der Waals surface area contributed by atoms with Crippen molar-refractivity contribution in [2.75, 3.05) is 0 Å². The molecule has 0 aliphatic carbocycles. The topological polar surface area (TPSA) is 11.3 Å². The summed E-state index contributed by atoms with van der Waals surface area (Å²) in [4.78, 5) is 1.17. The fourth-order valence-electron chi connectivity index (χ4n) is 1.58. The van der Waals surface area contributed by atoms with Crippen LogP contribution in [0.25, 0.3) is 21.6 Å². The van der Waals surface area contributed by atoms with Gasteiger partial charge in [-0.05, 0) is 23.6 Å². The van der Waals surface area contributed by atoms with E-state index in [1.54, 1.807) is 11.3 Å². The second-order valence-electron chi connectivity index (χ2n) is 3.31. The van der Waals surface area contributed by atoms with Crippen molar-refractivity contribution in [1.29, 1.82) is 0 Å². The van der Waals surface area contributed by atoms with Crippen LogP contribution in [-0.4, -0.2) is 0 Å². The molecular weight excluding hydrogens is 204 g/mol. The maximum Gasteiger partial charge on any atom is 0.370 e. The quantitative estimate of drug-likeness (QED) is 0.544. The molecule has 0 amide bonds. The van der Waals surface area contributed by atoms with Crippen LogP contribution in [0.5, 0.6) is 0 Å². The van der Waals surface area contributed by atoms with Gasteiger partial charge < -0.3 is 0 Å². The van der Waals surface area contributed by atoms with E-state index in [1.165, 1.54) is 4.88 Å². The van der Waals surface area contributed by atoms with Gasteiger partial charge in [-0.1, -0.05) is 18.2 Å². The summed E-state index contributed by atoms with van der Waals surface area (Å²) in [6, 6.07) is 16.3. The van der Waals surface area contributed by atoms with E-state index in [1.807, 2.05) is 30.3 Å². The Balaban J connectivity index is 2.22. The summed E-state index contributed by atoms with van der Waals surface area (Å²) < 4.78 is 5.82. The summed E-state index contributed by atoms with van der Waals surface area (Å²) in [5.41, 5.74) is 0.934. The molecule has 0 spiro atoms. The lowest BCUT2D eigenvalue weighted by molar-refractivity contribution is 0.622. The first-order valence-electron chi connectivity index (χ1n) is 4.79. The molecule has 1 nitrogen and oxygen atoms in total. The minimum Gasteiger partial charge on any atom is -0.206 e. The highest BCUT2D eigenvalue weighted by molar-refractivity contribution is 7.13. The molecule has 3 rings (SSSR count). The monoisotopic (exact) mass is 213 g/mol. The minimum atomic E-state index is 0.934. The Morgan fingerprint density at radius 1 is 0.867 bits per heavy atom. The van der Waals surface area contributed by atoms with Gasteiger partial charge in [0.25, 0.3) is 0 Å². The second-order valence-corrected chi connectivity index (χ2v) is 4.26. The Bertz CT molecular complexity index is 584. The molecule has 15 heavy (non-hydrogen) atoms. The average Bonchev–Trinajstić information content (AvgIpc) is 2.82. The van der Waals surface area contributed by atoms with Gasteiger partial charge in [0.2, 0.25) is 0 Å². The van der Waals surface area contributed by atoms with E-state index in [0.29, 0.717) is 0 Å². The van der Waals surface area contributed by atoms with E-state index in [0.717, 1.165) is 16.7 Å². The predicted molar refractivity (Wildman–Crippen MR) is 63.9 cm³/mol. The van der Waals surface area contributed by atoms with Gasteiger partial charge in [0, 0.05) is 12.1 Å². The number of para-hydroxylation sites is 1. The zero-order chi connectivity index (χ0) is 10.1. The number of hydrogen-bond donors (Lipinski definition) is 0. The molecule has 0 N–H and O–H groups in total. The summed E-state index contributed by atoms with van der Waals surface area (Å²) in [7, 11) is 0. The first-order valence-corrected chi connectivity index (χ1v) is 5.67. The van der Waals surface area contributed by atoms with E-state index in [4.69, 9.17) is 4.42 Å². The van der Waals surface area contributed by atoms with Crippen LogP contribution in [-0.2, 0) is 0 Å². The van der Waals surface area contributed by atoms with Crippen LogP contribution in [0, 0.1) is 0 Å². The molecule has 0 aliphatic heterocycles. The van der Waals surface area contributed by atoms with Crippen molar-refractivity contribution in [2.45, 2.75) is 0 Å². The Kier molecular flexibility index (Phi) is 2.00. The molecular formula is C13H9OS+. The first-order chi connectivity index (χ1) is 7.43. The smallest absolute Gasteiger partial charge is 0.206 e. The first kappa shape index (κ1) is 8.62. The Morgan fingerprint density at radius 2 is 1.80 bits per heavy atom. The fraction of sp³-hybridized carbons (Fsp3) is 0. The average molecular weight is 213 g/mol. The summed E-state index contributed by atoms with van der Waals surface area (Å²) in [5, 5.41) is 3.19. The highest BCUT2D eigenvalue weighted by Crippen LogP contribution is 2.27. The molecule has 0 bridgehead atoms. The summed E-state index contributed by atoms with van der Waals surface area (Å²) in [6.07, 6.45) is 0. The van der Waals surface area contributed by atoms with E-state index in [2.05, 4.69) is 23.6 Å². The maximum absolute atomic E-state index is 5.82. The lowest BCUT2D eigenvalue weighted by Crippen LogP contribution is -1.74. The van der Waals surface area contributed by atoms with Crippen LogP contribution < -0.4 is 0 Å². The van der Waals surface area contributed by atoms with Crippen LogP contribution in [0.15, 0.2) is 58.3 Å². The van der Waals surface area contributed by atoms with Gasteiger partial charge in [-0.2, -0.15) is 0 Å². The van der Waals surface area contributed by atoms with Crippen LogP contribution in [0.4, 0.5) is 0 Å². The van der Waals surface area contributed by atoms with Gasteiger partial charge in [-0.3, -0.25) is 0 Å². The molecule has 72 valence electrons. The molecule has 0 saturated heterocycles. The minimum absolute atomic E-state index is 0.934. The van der Waals surface area contributed by atoms with Gasteiger partial charge >= 0.3 is 11.3 Å². The van der Waals surface area contributed by atoms with Crippen LogP contribution in [0.1, 0.15) is 0 Å².